The third-order valence-electron chi connectivity index (χ3n) is 2.60. The number of amides is 1. The second-order valence-electron chi connectivity index (χ2n) is 3.96. The average Bonchev–Trinajstić information content (AvgIpc) is 2.54. The van der Waals surface area contributed by atoms with Gasteiger partial charge >= 0.3 is 5.97 Å². The average molecular weight is 264 g/mol. The van der Waals surface area contributed by atoms with Crippen LogP contribution in [0.3, 0.4) is 0 Å². The quantitative estimate of drug-likeness (QED) is 0.684. The predicted molar refractivity (Wildman–Crippen MR) is 59.9 cm³/mol. The van der Waals surface area contributed by atoms with E-state index >= 15 is 0 Å². The number of carboxylic acid groups (broad SMARTS) is 1. The summed E-state index contributed by atoms with van der Waals surface area (Å²) >= 11 is 0. The highest BCUT2D eigenvalue weighted by Gasteiger charge is 2.30. The topological polar surface area (TPSA) is 95.0 Å². The van der Waals surface area contributed by atoms with Crippen molar-refractivity contribution in [1.29, 1.82) is 0 Å². The van der Waals surface area contributed by atoms with Crippen LogP contribution in [0, 0.1) is 0 Å². The fourth-order valence-electron chi connectivity index (χ4n) is 1.53. The van der Waals surface area contributed by atoms with Gasteiger partial charge in [0.25, 0.3) is 0 Å². The summed E-state index contributed by atoms with van der Waals surface area (Å²) in [6.45, 7) is 0.251. The Morgan fingerprint density at radius 1 is 1.41 bits per heavy atom. The van der Waals surface area contributed by atoms with E-state index < -0.39 is 16.0 Å². The van der Waals surface area contributed by atoms with Crippen molar-refractivity contribution in [2.45, 2.75) is 12.8 Å². The van der Waals surface area contributed by atoms with Gasteiger partial charge in [0.15, 0.2) is 0 Å². The van der Waals surface area contributed by atoms with Crippen molar-refractivity contribution in [1.82, 2.24) is 9.21 Å². The molecular weight excluding hydrogens is 248 g/mol. The van der Waals surface area contributed by atoms with Gasteiger partial charge in [0.05, 0.1) is 18.7 Å². The number of carbonyl (C=O) groups excluding carboxylic acids is 1. The lowest BCUT2D eigenvalue weighted by molar-refractivity contribution is -0.138. The van der Waals surface area contributed by atoms with E-state index in [1.807, 2.05) is 0 Å². The minimum atomic E-state index is -3.28. The smallest absolute Gasteiger partial charge is 0.305 e. The first-order valence-electron chi connectivity index (χ1n) is 5.26. The van der Waals surface area contributed by atoms with Gasteiger partial charge in [-0.05, 0) is 6.42 Å². The van der Waals surface area contributed by atoms with Gasteiger partial charge in [-0.25, -0.2) is 8.42 Å². The second kappa shape index (κ2) is 5.46. The van der Waals surface area contributed by atoms with Crippen molar-refractivity contribution in [2.24, 2.45) is 0 Å². The van der Waals surface area contributed by atoms with E-state index in [2.05, 4.69) is 0 Å². The third-order valence-corrected chi connectivity index (χ3v) is 4.50. The number of rotatable bonds is 5. The maximum Gasteiger partial charge on any atom is 0.305 e. The molecule has 1 aliphatic heterocycles. The number of nitrogens with zero attached hydrogens (tertiary/aromatic N) is 2. The van der Waals surface area contributed by atoms with Crippen molar-refractivity contribution in [3.8, 4) is 0 Å². The monoisotopic (exact) mass is 264 g/mol. The summed E-state index contributed by atoms with van der Waals surface area (Å²) in [5.74, 6) is -1.28. The lowest BCUT2D eigenvalue weighted by atomic mass is 10.4. The Morgan fingerprint density at radius 2 is 2.06 bits per heavy atom. The van der Waals surface area contributed by atoms with Gasteiger partial charge in [0, 0.05) is 20.1 Å². The van der Waals surface area contributed by atoms with E-state index in [1.54, 1.807) is 0 Å². The molecule has 0 spiro atoms. The lowest BCUT2D eigenvalue weighted by Crippen LogP contribution is -2.39. The zero-order valence-electron chi connectivity index (χ0n) is 9.63. The van der Waals surface area contributed by atoms with Gasteiger partial charge in [-0.1, -0.05) is 0 Å². The van der Waals surface area contributed by atoms with Crippen LogP contribution in [0.2, 0.25) is 0 Å². The Labute approximate surface area is 100 Å². The van der Waals surface area contributed by atoms with Crippen LogP contribution in [-0.4, -0.2) is 67.0 Å². The molecule has 0 aliphatic carbocycles. The highest BCUT2D eigenvalue weighted by molar-refractivity contribution is 7.89. The first kappa shape index (κ1) is 13.9. The maximum atomic E-state index is 11.6. The summed E-state index contributed by atoms with van der Waals surface area (Å²) in [6.07, 6.45) is 0.392. The fourth-order valence-corrected chi connectivity index (χ4v) is 3.00. The summed E-state index contributed by atoms with van der Waals surface area (Å²) in [5.41, 5.74) is 0. The second-order valence-corrected chi connectivity index (χ2v) is 6.05. The molecule has 8 heteroatoms. The number of carbonyl (C=O) groups is 2. The van der Waals surface area contributed by atoms with Crippen LogP contribution in [0.15, 0.2) is 0 Å². The van der Waals surface area contributed by atoms with Crippen LogP contribution >= 0.6 is 0 Å². The van der Waals surface area contributed by atoms with Gasteiger partial charge in [-0.3, -0.25) is 9.59 Å². The molecule has 0 saturated carbocycles. The summed E-state index contributed by atoms with van der Waals surface area (Å²) in [4.78, 5) is 23.2. The summed E-state index contributed by atoms with van der Waals surface area (Å²) < 4.78 is 24.0. The molecule has 1 rings (SSSR count). The normalized spacial score (nSPS) is 19.1. The standard InChI is InChI=1S/C9H16N2O5S/c1-10(5-3-9(13)14)8(12)7-11-4-2-6-17(11,15)16/h2-7H2,1H3,(H,13,14). The summed E-state index contributed by atoms with van der Waals surface area (Å²) in [6, 6.07) is 0. The van der Waals surface area contributed by atoms with E-state index in [1.165, 1.54) is 11.9 Å². The van der Waals surface area contributed by atoms with E-state index in [0.29, 0.717) is 13.0 Å². The minimum absolute atomic E-state index is 0.0825. The van der Waals surface area contributed by atoms with E-state index in [9.17, 15) is 18.0 Å². The minimum Gasteiger partial charge on any atom is -0.481 e. The largest absolute Gasteiger partial charge is 0.481 e. The molecule has 7 nitrogen and oxygen atoms in total. The molecule has 0 atom stereocenters. The van der Waals surface area contributed by atoms with Crippen LogP contribution in [0.4, 0.5) is 0 Å². The van der Waals surface area contributed by atoms with Crippen LogP contribution in [-0.2, 0) is 19.6 Å². The zero-order valence-corrected chi connectivity index (χ0v) is 10.4. The van der Waals surface area contributed by atoms with Crippen molar-refractivity contribution in [2.75, 3.05) is 32.4 Å². The van der Waals surface area contributed by atoms with E-state index in [4.69, 9.17) is 5.11 Å². The van der Waals surface area contributed by atoms with Gasteiger partial charge in [-0.2, -0.15) is 4.31 Å². The van der Waals surface area contributed by atoms with Crippen molar-refractivity contribution in [3.05, 3.63) is 0 Å². The number of aliphatic carboxylic acids is 1. The van der Waals surface area contributed by atoms with Crippen molar-refractivity contribution >= 4 is 21.9 Å². The van der Waals surface area contributed by atoms with Crippen molar-refractivity contribution < 1.29 is 23.1 Å². The predicted octanol–water partition coefficient (Wildman–Crippen LogP) is -1.04. The first-order chi connectivity index (χ1) is 7.83. The molecule has 98 valence electrons. The first-order valence-corrected chi connectivity index (χ1v) is 6.87. The third kappa shape index (κ3) is 3.97. The molecule has 1 aliphatic rings. The van der Waals surface area contributed by atoms with E-state index in [-0.39, 0.29) is 31.2 Å². The van der Waals surface area contributed by atoms with Crippen LogP contribution in [0.25, 0.3) is 0 Å². The molecule has 1 amide bonds. The molecule has 1 saturated heterocycles. The Kier molecular flexibility index (Phi) is 4.47. The molecule has 1 heterocycles. The molecule has 1 fully saturated rings. The highest BCUT2D eigenvalue weighted by atomic mass is 32.2. The maximum absolute atomic E-state index is 11.6. The molecule has 0 aromatic rings. The number of likely N-dealkylation sites (N-methyl/N-ethyl adjacent to an activating group) is 1. The number of sulfonamides is 1. The molecule has 0 unspecified atom stereocenters. The highest BCUT2D eigenvalue weighted by Crippen LogP contribution is 2.12. The van der Waals surface area contributed by atoms with Crippen LogP contribution < -0.4 is 0 Å². The van der Waals surface area contributed by atoms with Gasteiger partial charge in [0.1, 0.15) is 0 Å². The van der Waals surface area contributed by atoms with E-state index in [0.717, 1.165) is 4.31 Å². The van der Waals surface area contributed by atoms with Gasteiger partial charge in [-0.15, -0.1) is 0 Å². The lowest BCUT2D eigenvalue weighted by Gasteiger charge is -2.20. The molecule has 17 heavy (non-hydrogen) atoms. The number of hydrogen-bond donors (Lipinski definition) is 1. The zero-order chi connectivity index (χ0) is 13.1. The van der Waals surface area contributed by atoms with Gasteiger partial charge in [0.2, 0.25) is 15.9 Å². The Balaban J connectivity index is 2.46. The number of hydrogen-bond acceptors (Lipinski definition) is 4. The van der Waals surface area contributed by atoms with Gasteiger partial charge < -0.3 is 10.0 Å². The fraction of sp³-hybridized carbons (Fsp3) is 0.778. The van der Waals surface area contributed by atoms with Crippen LogP contribution in [0.1, 0.15) is 12.8 Å². The molecular formula is C9H16N2O5S. The SMILES string of the molecule is CN(CCC(=O)O)C(=O)CN1CCCS1(=O)=O. The summed E-state index contributed by atoms with van der Waals surface area (Å²) in [5, 5.41) is 8.47. The Morgan fingerprint density at radius 3 is 2.53 bits per heavy atom. The Hall–Kier alpha value is -1.15. The molecule has 0 aromatic carbocycles. The van der Waals surface area contributed by atoms with Crippen molar-refractivity contribution in [3.63, 3.8) is 0 Å². The summed E-state index contributed by atoms with van der Waals surface area (Å²) in [7, 11) is -1.81. The molecule has 0 radical (unpaired) electrons. The number of carboxylic acids is 1. The Bertz CT molecular complexity index is 406. The molecule has 0 bridgehead atoms. The molecule has 0 aromatic heterocycles. The van der Waals surface area contributed by atoms with Crippen LogP contribution in [0.5, 0.6) is 0 Å². The molecule has 1 N–H and O–H groups in total.